The second-order valence-corrected chi connectivity index (χ2v) is 11.7. The SMILES string of the molecule is Cc1cc(CN2CCC(N(C)S(=O)(=O)c3ccc(Nc4nccc(Nc5ccc(F)c(F)c5)n4)cc3)CC2)n[nH]1. The average Bonchev–Trinajstić information content (AvgIpc) is 3.35. The van der Waals surface area contributed by atoms with Gasteiger partial charge in [0.05, 0.1) is 10.6 Å². The Labute approximate surface area is 231 Å². The summed E-state index contributed by atoms with van der Waals surface area (Å²) in [4.78, 5) is 11.0. The number of piperidine rings is 1. The molecule has 0 saturated carbocycles. The molecule has 0 amide bonds. The fourth-order valence-corrected chi connectivity index (χ4v) is 6.05. The number of benzene rings is 2. The molecule has 3 heterocycles. The molecule has 1 saturated heterocycles. The summed E-state index contributed by atoms with van der Waals surface area (Å²) < 4.78 is 54.8. The molecular formula is C27H30F2N8O2S. The van der Waals surface area contributed by atoms with Crippen molar-refractivity contribution in [1.29, 1.82) is 0 Å². The van der Waals surface area contributed by atoms with Crippen LogP contribution in [0.1, 0.15) is 24.2 Å². The third-order valence-corrected chi connectivity index (χ3v) is 8.78. The van der Waals surface area contributed by atoms with Gasteiger partial charge in [-0.05, 0) is 68.3 Å². The average molecular weight is 569 g/mol. The normalized spacial score (nSPS) is 14.9. The van der Waals surface area contributed by atoms with E-state index < -0.39 is 21.7 Å². The molecule has 3 N–H and O–H groups in total. The Kier molecular flexibility index (Phi) is 8.05. The summed E-state index contributed by atoms with van der Waals surface area (Å²) in [5, 5.41) is 13.2. The molecule has 4 aromatic rings. The third kappa shape index (κ3) is 6.43. The molecule has 1 fully saturated rings. The second kappa shape index (κ2) is 11.7. The van der Waals surface area contributed by atoms with E-state index in [2.05, 4.69) is 35.7 Å². The van der Waals surface area contributed by atoms with E-state index in [0.29, 0.717) is 17.2 Å². The molecule has 0 bridgehead atoms. The van der Waals surface area contributed by atoms with E-state index in [1.807, 2.05) is 13.0 Å². The molecule has 0 atom stereocenters. The van der Waals surface area contributed by atoms with E-state index in [0.717, 1.165) is 56.0 Å². The number of likely N-dealkylation sites (tertiary alicyclic amines) is 1. The monoisotopic (exact) mass is 568 g/mol. The van der Waals surface area contributed by atoms with E-state index in [9.17, 15) is 17.2 Å². The first-order valence-corrected chi connectivity index (χ1v) is 14.2. The number of nitrogens with zero attached hydrogens (tertiary/aromatic N) is 5. The molecule has 40 heavy (non-hydrogen) atoms. The lowest BCUT2D eigenvalue weighted by molar-refractivity contribution is 0.162. The first-order chi connectivity index (χ1) is 19.2. The smallest absolute Gasteiger partial charge is 0.243 e. The topological polar surface area (TPSA) is 119 Å². The minimum Gasteiger partial charge on any atom is -0.340 e. The summed E-state index contributed by atoms with van der Waals surface area (Å²) >= 11 is 0. The zero-order chi connectivity index (χ0) is 28.3. The summed E-state index contributed by atoms with van der Waals surface area (Å²) in [6.07, 6.45) is 2.99. The number of aromatic nitrogens is 4. The Hall–Kier alpha value is -3.94. The van der Waals surface area contributed by atoms with Crippen molar-refractivity contribution < 1.29 is 17.2 Å². The van der Waals surface area contributed by atoms with Crippen LogP contribution in [0.25, 0.3) is 0 Å². The van der Waals surface area contributed by atoms with Crippen LogP contribution >= 0.6 is 0 Å². The van der Waals surface area contributed by atoms with E-state index in [1.165, 1.54) is 16.6 Å². The number of halogens is 2. The van der Waals surface area contributed by atoms with E-state index in [-0.39, 0.29) is 16.9 Å². The molecule has 2 aromatic carbocycles. The Balaban J connectivity index is 1.18. The molecule has 10 nitrogen and oxygen atoms in total. The highest BCUT2D eigenvalue weighted by Crippen LogP contribution is 2.25. The number of hydrogen-bond donors (Lipinski definition) is 3. The molecule has 210 valence electrons. The summed E-state index contributed by atoms with van der Waals surface area (Å²) in [6, 6.07) is 13.4. The van der Waals surface area contributed by atoms with Gasteiger partial charge in [0.15, 0.2) is 11.6 Å². The zero-order valence-corrected chi connectivity index (χ0v) is 22.9. The molecule has 1 aliphatic heterocycles. The number of sulfonamides is 1. The van der Waals surface area contributed by atoms with Crippen LogP contribution in [0.15, 0.2) is 65.7 Å². The zero-order valence-electron chi connectivity index (χ0n) is 22.1. The van der Waals surface area contributed by atoms with Gasteiger partial charge >= 0.3 is 0 Å². The van der Waals surface area contributed by atoms with Crippen molar-refractivity contribution >= 4 is 33.2 Å². The predicted octanol–water partition coefficient (Wildman–Crippen LogP) is 4.56. The van der Waals surface area contributed by atoms with Crippen molar-refractivity contribution in [2.24, 2.45) is 0 Å². The van der Waals surface area contributed by atoms with Gasteiger partial charge in [-0.3, -0.25) is 10.00 Å². The fourth-order valence-electron chi connectivity index (χ4n) is 4.64. The van der Waals surface area contributed by atoms with Crippen LogP contribution in [-0.2, 0) is 16.6 Å². The number of H-pyrrole nitrogens is 1. The molecule has 0 unspecified atom stereocenters. The Morgan fingerprint density at radius 1 is 1.00 bits per heavy atom. The van der Waals surface area contributed by atoms with E-state index >= 15 is 0 Å². The maximum absolute atomic E-state index is 13.5. The molecular weight excluding hydrogens is 538 g/mol. The molecule has 13 heteroatoms. The number of aromatic amines is 1. The van der Waals surface area contributed by atoms with Gasteiger partial charge < -0.3 is 10.6 Å². The fraction of sp³-hybridized carbons (Fsp3) is 0.296. The maximum Gasteiger partial charge on any atom is 0.243 e. The van der Waals surface area contributed by atoms with Crippen LogP contribution in [0, 0.1) is 18.6 Å². The second-order valence-electron chi connectivity index (χ2n) is 9.74. The van der Waals surface area contributed by atoms with Crippen LogP contribution in [0.2, 0.25) is 0 Å². The summed E-state index contributed by atoms with van der Waals surface area (Å²) in [5.41, 5.74) is 2.94. The van der Waals surface area contributed by atoms with Crippen molar-refractivity contribution in [3.63, 3.8) is 0 Å². The lowest BCUT2D eigenvalue weighted by Gasteiger charge is -2.35. The van der Waals surface area contributed by atoms with Gasteiger partial charge in [-0.2, -0.15) is 14.4 Å². The van der Waals surface area contributed by atoms with Gasteiger partial charge in [0, 0.05) is 62.1 Å². The molecule has 2 aromatic heterocycles. The summed E-state index contributed by atoms with van der Waals surface area (Å²) in [6.45, 7) is 4.30. The van der Waals surface area contributed by atoms with Crippen LogP contribution in [0.3, 0.4) is 0 Å². The Bertz CT molecular complexity index is 1570. The minimum atomic E-state index is -3.68. The van der Waals surface area contributed by atoms with Crippen molar-refractivity contribution in [1.82, 2.24) is 29.4 Å². The van der Waals surface area contributed by atoms with Crippen molar-refractivity contribution in [2.75, 3.05) is 30.8 Å². The molecule has 1 aliphatic rings. The number of anilines is 4. The highest BCUT2D eigenvalue weighted by molar-refractivity contribution is 7.89. The predicted molar refractivity (Wildman–Crippen MR) is 148 cm³/mol. The number of rotatable bonds is 9. The van der Waals surface area contributed by atoms with Crippen molar-refractivity contribution in [2.45, 2.75) is 37.2 Å². The lowest BCUT2D eigenvalue weighted by atomic mass is 10.1. The van der Waals surface area contributed by atoms with Gasteiger partial charge in [-0.25, -0.2) is 22.2 Å². The lowest BCUT2D eigenvalue weighted by Crippen LogP contribution is -2.45. The van der Waals surface area contributed by atoms with Crippen LogP contribution < -0.4 is 10.6 Å². The number of hydrogen-bond acceptors (Lipinski definition) is 8. The Morgan fingerprint density at radius 2 is 1.73 bits per heavy atom. The third-order valence-electron chi connectivity index (χ3n) is 6.85. The standard InChI is InChI=1S/C27H30F2N8O2S/c1-18-15-21(35-34-18)17-37-13-10-22(11-14-37)36(2)40(38,39)23-6-3-19(4-7-23)32-27-30-12-9-26(33-27)31-20-5-8-24(28)25(29)16-20/h3-9,12,15-16,22H,10-11,13-14,17H2,1-2H3,(H,34,35)(H2,30,31,32,33). The molecule has 0 spiro atoms. The minimum absolute atomic E-state index is 0.0850. The summed E-state index contributed by atoms with van der Waals surface area (Å²) in [7, 11) is -2.04. The van der Waals surface area contributed by atoms with Crippen molar-refractivity contribution in [3.8, 4) is 0 Å². The first-order valence-electron chi connectivity index (χ1n) is 12.8. The maximum atomic E-state index is 13.5. The number of aryl methyl sites for hydroxylation is 1. The van der Waals surface area contributed by atoms with E-state index in [1.54, 1.807) is 37.4 Å². The molecule has 0 radical (unpaired) electrons. The Morgan fingerprint density at radius 3 is 2.40 bits per heavy atom. The highest BCUT2D eigenvalue weighted by Gasteiger charge is 2.31. The van der Waals surface area contributed by atoms with Crippen LogP contribution in [0.4, 0.5) is 31.9 Å². The van der Waals surface area contributed by atoms with E-state index in [4.69, 9.17) is 0 Å². The largest absolute Gasteiger partial charge is 0.340 e. The van der Waals surface area contributed by atoms with Crippen LogP contribution in [-0.4, -0.2) is 64.0 Å². The molecule has 0 aliphatic carbocycles. The highest BCUT2D eigenvalue weighted by atomic mass is 32.2. The van der Waals surface area contributed by atoms with Gasteiger partial charge in [0.2, 0.25) is 16.0 Å². The number of nitrogens with one attached hydrogen (secondary N) is 3. The van der Waals surface area contributed by atoms with Gasteiger partial charge in [-0.1, -0.05) is 0 Å². The van der Waals surface area contributed by atoms with Gasteiger partial charge in [0.1, 0.15) is 5.82 Å². The molecule has 5 rings (SSSR count). The summed E-state index contributed by atoms with van der Waals surface area (Å²) in [5.74, 6) is -1.29. The van der Waals surface area contributed by atoms with Crippen LogP contribution in [0.5, 0.6) is 0 Å². The first kappa shape index (κ1) is 27.6. The quantitative estimate of drug-likeness (QED) is 0.269. The van der Waals surface area contributed by atoms with Gasteiger partial charge in [0.25, 0.3) is 0 Å². The van der Waals surface area contributed by atoms with Gasteiger partial charge in [-0.15, -0.1) is 0 Å². The van der Waals surface area contributed by atoms with Crippen molar-refractivity contribution in [3.05, 3.63) is 83.8 Å².